The summed E-state index contributed by atoms with van der Waals surface area (Å²) in [6, 6.07) is 4.13. The minimum atomic E-state index is -1.03. The Bertz CT molecular complexity index is 646. The monoisotopic (exact) mass is 278 g/mol. The number of nitrogens with one attached hydrogen (secondary N) is 1. The topological polar surface area (TPSA) is 98.7 Å². The molecule has 0 radical (unpaired) electrons. The highest BCUT2D eigenvalue weighted by atomic mass is 19.1. The Balaban J connectivity index is 2.35. The fraction of sp³-hybridized carbons (Fsp3) is 0.333. The van der Waals surface area contributed by atoms with Crippen LogP contribution in [0.5, 0.6) is 0 Å². The average Bonchev–Trinajstić information content (AvgIpc) is 2.76. The molecular formula is C12H15FN6O. The van der Waals surface area contributed by atoms with Crippen LogP contribution in [-0.2, 0) is 4.79 Å². The van der Waals surface area contributed by atoms with Crippen LogP contribution >= 0.6 is 0 Å². The molecule has 0 unspecified atom stereocenters. The van der Waals surface area contributed by atoms with E-state index in [9.17, 15) is 9.18 Å². The van der Waals surface area contributed by atoms with Gasteiger partial charge in [-0.2, -0.15) is 4.68 Å². The number of aryl methyl sites for hydroxylation is 1. The summed E-state index contributed by atoms with van der Waals surface area (Å²) in [4.78, 5) is 11.8. The minimum Gasteiger partial charge on any atom is -0.324 e. The quantitative estimate of drug-likeness (QED) is 0.864. The first-order valence-electron chi connectivity index (χ1n) is 5.94. The molecule has 2 aromatic rings. The molecule has 0 saturated heterocycles. The third-order valence-corrected chi connectivity index (χ3v) is 2.64. The van der Waals surface area contributed by atoms with E-state index >= 15 is 0 Å². The van der Waals surface area contributed by atoms with Crippen LogP contribution < -0.4 is 11.1 Å². The molecule has 2 rings (SSSR count). The molecule has 0 aliphatic rings. The summed E-state index contributed by atoms with van der Waals surface area (Å²) in [6.45, 7) is 4.81. The SMILES string of the molecule is Cc1nnnn1-c1cc(NC(=O)C(C)(C)N)ccc1F. The van der Waals surface area contributed by atoms with E-state index in [1.165, 1.54) is 22.9 Å². The van der Waals surface area contributed by atoms with Gasteiger partial charge in [0, 0.05) is 5.69 Å². The van der Waals surface area contributed by atoms with Crippen molar-refractivity contribution in [2.75, 3.05) is 5.32 Å². The van der Waals surface area contributed by atoms with Gasteiger partial charge in [0.1, 0.15) is 11.5 Å². The van der Waals surface area contributed by atoms with Crippen molar-refractivity contribution in [3.05, 3.63) is 29.8 Å². The molecule has 1 heterocycles. The van der Waals surface area contributed by atoms with Gasteiger partial charge in [-0.05, 0) is 49.4 Å². The summed E-state index contributed by atoms with van der Waals surface area (Å²) in [5, 5.41) is 13.5. The van der Waals surface area contributed by atoms with Gasteiger partial charge in [-0.1, -0.05) is 0 Å². The predicted octanol–water partition coefficient (Wildman–Crippen LogP) is 0.786. The molecule has 3 N–H and O–H groups in total. The highest BCUT2D eigenvalue weighted by Gasteiger charge is 2.22. The largest absolute Gasteiger partial charge is 0.324 e. The van der Waals surface area contributed by atoms with Gasteiger partial charge in [0.15, 0.2) is 5.82 Å². The highest BCUT2D eigenvalue weighted by Crippen LogP contribution is 2.19. The van der Waals surface area contributed by atoms with Gasteiger partial charge in [-0.25, -0.2) is 4.39 Å². The lowest BCUT2D eigenvalue weighted by Gasteiger charge is -2.18. The maximum absolute atomic E-state index is 13.8. The second-order valence-corrected chi connectivity index (χ2v) is 4.98. The van der Waals surface area contributed by atoms with Crippen LogP contribution in [0.25, 0.3) is 5.69 Å². The van der Waals surface area contributed by atoms with E-state index < -0.39 is 11.4 Å². The number of rotatable bonds is 3. The van der Waals surface area contributed by atoms with Crippen molar-refractivity contribution in [3.8, 4) is 5.69 Å². The van der Waals surface area contributed by atoms with Crippen molar-refractivity contribution in [3.63, 3.8) is 0 Å². The van der Waals surface area contributed by atoms with Gasteiger partial charge >= 0.3 is 0 Å². The number of benzene rings is 1. The molecule has 1 aromatic carbocycles. The summed E-state index contributed by atoms with van der Waals surface area (Å²) in [5.41, 5.74) is 5.23. The maximum atomic E-state index is 13.8. The molecule has 0 atom stereocenters. The van der Waals surface area contributed by atoms with Crippen molar-refractivity contribution >= 4 is 11.6 Å². The summed E-state index contributed by atoms with van der Waals surface area (Å²) in [7, 11) is 0. The molecule has 20 heavy (non-hydrogen) atoms. The fourth-order valence-corrected chi connectivity index (χ4v) is 1.50. The summed E-state index contributed by atoms with van der Waals surface area (Å²) in [6.07, 6.45) is 0. The number of hydrogen-bond acceptors (Lipinski definition) is 5. The molecule has 1 aromatic heterocycles. The minimum absolute atomic E-state index is 0.153. The Morgan fingerprint density at radius 2 is 2.15 bits per heavy atom. The molecule has 0 aliphatic carbocycles. The predicted molar refractivity (Wildman–Crippen MR) is 70.7 cm³/mol. The number of carbonyl (C=O) groups excluding carboxylic acids is 1. The van der Waals surface area contributed by atoms with E-state index in [1.807, 2.05) is 0 Å². The number of aromatic nitrogens is 4. The lowest BCUT2D eigenvalue weighted by atomic mass is 10.1. The van der Waals surface area contributed by atoms with Crippen LogP contribution in [-0.4, -0.2) is 31.7 Å². The Morgan fingerprint density at radius 1 is 1.45 bits per heavy atom. The lowest BCUT2D eigenvalue weighted by molar-refractivity contribution is -0.120. The number of hydrogen-bond donors (Lipinski definition) is 2. The van der Waals surface area contributed by atoms with Crippen LogP contribution in [0.1, 0.15) is 19.7 Å². The summed E-state index contributed by atoms with van der Waals surface area (Å²) < 4.78 is 15.1. The van der Waals surface area contributed by atoms with Gasteiger partial charge in [-0.3, -0.25) is 4.79 Å². The van der Waals surface area contributed by atoms with Crippen LogP contribution in [0.3, 0.4) is 0 Å². The molecular weight excluding hydrogens is 263 g/mol. The van der Waals surface area contributed by atoms with Gasteiger partial charge in [-0.15, -0.1) is 5.10 Å². The zero-order chi connectivity index (χ0) is 14.9. The normalized spacial score (nSPS) is 11.4. The summed E-state index contributed by atoms with van der Waals surface area (Å²) >= 11 is 0. The summed E-state index contributed by atoms with van der Waals surface area (Å²) in [5.74, 6) is -0.430. The van der Waals surface area contributed by atoms with Crippen molar-refractivity contribution in [2.45, 2.75) is 26.3 Å². The number of halogens is 1. The first-order valence-corrected chi connectivity index (χ1v) is 5.94. The van der Waals surface area contributed by atoms with Crippen LogP contribution in [0.15, 0.2) is 18.2 Å². The van der Waals surface area contributed by atoms with Gasteiger partial charge in [0.2, 0.25) is 5.91 Å². The molecule has 0 spiro atoms. The second-order valence-electron chi connectivity index (χ2n) is 4.98. The third kappa shape index (κ3) is 2.80. The van der Waals surface area contributed by atoms with Crippen molar-refractivity contribution < 1.29 is 9.18 Å². The van der Waals surface area contributed by atoms with Gasteiger partial charge in [0.25, 0.3) is 0 Å². The van der Waals surface area contributed by atoms with E-state index in [-0.39, 0.29) is 11.6 Å². The van der Waals surface area contributed by atoms with Crippen molar-refractivity contribution in [1.82, 2.24) is 20.2 Å². The zero-order valence-corrected chi connectivity index (χ0v) is 11.4. The van der Waals surface area contributed by atoms with Crippen LogP contribution in [0, 0.1) is 12.7 Å². The molecule has 7 nitrogen and oxygen atoms in total. The Morgan fingerprint density at radius 3 is 2.70 bits per heavy atom. The number of anilines is 1. The first kappa shape index (κ1) is 14.1. The Kier molecular flexibility index (Phi) is 3.49. The lowest BCUT2D eigenvalue weighted by Crippen LogP contribution is -2.45. The number of tetrazole rings is 1. The van der Waals surface area contributed by atoms with Crippen molar-refractivity contribution in [1.29, 1.82) is 0 Å². The Hall–Kier alpha value is -2.35. The molecule has 0 bridgehead atoms. The smallest absolute Gasteiger partial charge is 0.243 e. The number of nitrogens with two attached hydrogens (primary N) is 1. The van der Waals surface area contributed by atoms with E-state index in [2.05, 4.69) is 20.8 Å². The highest BCUT2D eigenvalue weighted by molar-refractivity contribution is 5.97. The third-order valence-electron chi connectivity index (χ3n) is 2.64. The number of nitrogens with zero attached hydrogens (tertiary/aromatic N) is 4. The van der Waals surface area contributed by atoms with E-state index in [4.69, 9.17) is 5.73 Å². The Labute approximate surface area is 115 Å². The molecule has 0 aliphatic heterocycles. The zero-order valence-electron chi connectivity index (χ0n) is 11.4. The second kappa shape index (κ2) is 4.97. The van der Waals surface area contributed by atoms with Gasteiger partial charge in [0.05, 0.1) is 5.54 Å². The van der Waals surface area contributed by atoms with Crippen LogP contribution in [0.4, 0.5) is 10.1 Å². The fourth-order valence-electron chi connectivity index (χ4n) is 1.50. The number of amides is 1. The van der Waals surface area contributed by atoms with E-state index in [0.717, 1.165) is 0 Å². The molecule has 0 saturated carbocycles. The van der Waals surface area contributed by atoms with Crippen molar-refractivity contribution in [2.24, 2.45) is 5.73 Å². The molecule has 8 heteroatoms. The van der Waals surface area contributed by atoms with E-state index in [0.29, 0.717) is 11.5 Å². The maximum Gasteiger partial charge on any atom is 0.243 e. The molecule has 1 amide bonds. The molecule has 106 valence electrons. The number of carbonyl (C=O) groups is 1. The first-order chi connectivity index (χ1) is 9.29. The average molecular weight is 278 g/mol. The van der Waals surface area contributed by atoms with E-state index in [1.54, 1.807) is 20.8 Å². The standard InChI is InChI=1S/C12H15FN6O/c1-7-16-17-18-19(7)10-6-8(4-5-9(10)13)15-11(20)12(2,3)14/h4-6H,14H2,1-3H3,(H,15,20). The van der Waals surface area contributed by atoms with Gasteiger partial charge < -0.3 is 11.1 Å². The molecule has 0 fully saturated rings. The van der Waals surface area contributed by atoms with Crippen LogP contribution in [0.2, 0.25) is 0 Å².